The molecule has 0 bridgehead atoms. The summed E-state index contributed by atoms with van der Waals surface area (Å²) in [6.45, 7) is 1.85. The van der Waals surface area contributed by atoms with E-state index < -0.39 is 30.3 Å². The number of hydrogen-bond donors (Lipinski definition) is 3. The molecule has 0 fully saturated rings. The molecule has 100 valence electrons. The van der Waals surface area contributed by atoms with Gasteiger partial charge in [-0.3, -0.25) is 9.59 Å². The zero-order valence-electron chi connectivity index (χ0n) is 13.7. The van der Waals surface area contributed by atoms with Crippen molar-refractivity contribution in [2.24, 2.45) is 0 Å². The molecule has 0 saturated carbocycles. The molecule has 0 radical (unpaired) electrons. The van der Waals surface area contributed by atoms with Crippen LogP contribution < -0.4 is 64.4 Å². The number of amides is 1. The monoisotopic (exact) mass is 299 g/mol. The summed E-state index contributed by atoms with van der Waals surface area (Å²) in [5.74, 6) is -3.27. The topological polar surface area (TPSA) is 104 Å². The molecule has 0 aliphatic heterocycles. The Balaban J connectivity index is -0.000000405. The van der Waals surface area contributed by atoms with Crippen molar-refractivity contribution in [1.82, 2.24) is 5.32 Å². The quantitative estimate of drug-likeness (QED) is 0.472. The van der Waals surface area contributed by atoms with E-state index in [1.807, 2.05) is 6.92 Å². The maximum Gasteiger partial charge on any atom is 1.00 e. The number of benzene rings is 1. The molecular weight excluding hydrogens is 284 g/mol. The number of carboxylic acid groups (broad SMARTS) is 2. The van der Waals surface area contributed by atoms with Gasteiger partial charge in [-0.05, 0) is 19.1 Å². The number of aliphatic carboxylic acids is 2. The first-order chi connectivity index (χ1) is 8.40. The average molecular weight is 299 g/mol. The number of hydrogen-bond acceptors (Lipinski definition) is 3. The van der Waals surface area contributed by atoms with Crippen LogP contribution in [0.2, 0.25) is 0 Å². The van der Waals surface area contributed by atoms with Crippen LogP contribution in [-0.2, 0) is 9.59 Å². The van der Waals surface area contributed by atoms with E-state index in [2.05, 4.69) is 5.32 Å². The fraction of sp³-hybridized carbons (Fsp3) is 0.250. The molecule has 0 saturated heterocycles. The van der Waals surface area contributed by atoms with Crippen molar-refractivity contribution in [3.05, 3.63) is 35.4 Å². The number of aryl methyl sites for hydroxylation is 1. The van der Waals surface area contributed by atoms with Gasteiger partial charge in [0, 0.05) is 5.56 Å². The van der Waals surface area contributed by atoms with Crippen molar-refractivity contribution in [3.63, 3.8) is 0 Å². The summed E-state index contributed by atoms with van der Waals surface area (Å²) >= 11 is 0. The van der Waals surface area contributed by atoms with Crippen molar-refractivity contribution in [1.29, 1.82) is 0 Å². The van der Waals surface area contributed by atoms with Crippen molar-refractivity contribution in [3.8, 4) is 0 Å². The second kappa shape index (κ2) is 10.4. The molecule has 0 unspecified atom stereocenters. The molecule has 1 rings (SSSR count). The molecule has 6 nitrogen and oxygen atoms in total. The average Bonchev–Trinajstić information content (AvgIpc) is 2.28. The Morgan fingerprint density at radius 1 is 1.15 bits per heavy atom. The van der Waals surface area contributed by atoms with Gasteiger partial charge in [-0.15, -0.1) is 0 Å². The van der Waals surface area contributed by atoms with Crippen molar-refractivity contribution < 1.29 is 86.6 Å². The fourth-order valence-electron chi connectivity index (χ4n) is 1.32. The number of nitrogens with one attached hydrogen (secondary N) is 1. The molecule has 1 aromatic carbocycles. The standard InChI is InChI=1S/C12H13NO5.2Na.2H/c1-7-2-4-8(5-3-7)11(16)13-9(12(17)18)6-10(14)15;;;;/h2-5,9H,6H2,1H3,(H,13,16)(H,14,15)(H,17,18);;;;/q;2*+1;2*-1/t9-;;;;/m0..../s1. The molecule has 0 aromatic heterocycles. The molecule has 0 aliphatic carbocycles. The van der Waals surface area contributed by atoms with E-state index in [1.165, 1.54) is 0 Å². The van der Waals surface area contributed by atoms with Crippen LogP contribution in [-0.4, -0.2) is 34.1 Å². The molecule has 0 aliphatic rings. The molecule has 0 heterocycles. The van der Waals surface area contributed by atoms with E-state index in [9.17, 15) is 14.4 Å². The summed E-state index contributed by atoms with van der Waals surface area (Å²) in [4.78, 5) is 32.9. The second-order valence-electron chi connectivity index (χ2n) is 3.83. The summed E-state index contributed by atoms with van der Waals surface area (Å²) in [5.41, 5.74) is 1.25. The largest absolute Gasteiger partial charge is 1.00 e. The van der Waals surface area contributed by atoms with E-state index in [-0.39, 0.29) is 67.5 Å². The Morgan fingerprint density at radius 3 is 2.05 bits per heavy atom. The molecule has 1 atom stereocenters. The van der Waals surface area contributed by atoms with Gasteiger partial charge in [0.2, 0.25) is 0 Å². The Labute approximate surface area is 163 Å². The molecule has 3 N–H and O–H groups in total. The summed E-state index contributed by atoms with van der Waals surface area (Å²) in [6, 6.07) is 5.08. The predicted molar refractivity (Wildman–Crippen MR) is 64.5 cm³/mol. The van der Waals surface area contributed by atoms with Crippen LogP contribution in [0.3, 0.4) is 0 Å². The van der Waals surface area contributed by atoms with Gasteiger partial charge in [0.15, 0.2) is 0 Å². The Hall–Kier alpha value is -0.370. The molecule has 8 heteroatoms. The zero-order valence-corrected chi connectivity index (χ0v) is 15.7. The molecule has 20 heavy (non-hydrogen) atoms. The third kappa shape index (κ3) is 7.42. The summed E-state index contributed by atoms with van der Waals surface area (Å²) in [6.07, 6.45) is -0.660. The van der Waals surface area contributed by atoms with E-state index in [4.69, 9.17) is 10.2 Å². The number of rotatable bonds is 5. The van der Waals surface area contributed by atoms with Gasteiger partial charge in [-0.2, -0.15) is 0 Å². The molecule has 0 spiro atoms. The van der Waals surface area contributed by atoms with Crippen molar-refractivity contribution in [2.75, 3.05) is 0 Å². The van der Waals surface area contributed by atoms with E-state index in [0.29, 0.717) is 0 Å². The van der Waals surface area contributed by atoms with E-state index >= 15 is 0 Å². The third-order valence-corrected chi connectivity index (χ3v) is 2.30. The van der Waals surface area contributed by atoms with Crippen LogP contribution in [0.25, 0.3) is 0 Å². The summed E-state index contributed by atoms with van der Waals surface area (Å²) in [5, 5.41) is 19.5. The molecule has 1 aromatic rings. The van der Waals surface area contributed by atoms with Gasteiger partial charge in [0.25, 0.3) is 5.91 Å². The number of carbonyl (C=O) groups excluding carboxylic acids is 1. The summed E-state index contributed by atoms with van der Waals surface area (Å²) in [7, 11) is 0. The maximum absolute atomic E-state index is 11.7. The minimum Gasteiger partial charge on any atom is -1.00 e. The van der Waals surface area contributed by atoms with Crippen LogP contribution in [0.5, 0.6) is 0 Å². The van der Waals surface area contributed by atoms with Crippen LogP contribution >= 0.6 is 0 Å². The van der Waals surface area contributed by atoms with Crippen LogP contribution in [0.15, 0.2) is 24.3 Å². The van der Waals surface area contributed by atoms with Crippen LogP contribution in [0, 0.1) is 6.92 Å². The first kappa shape index (κ1) is 21.9. The Kier molecular flexibility index (Phi) is 11.4. The van der Waals surface area contributed by atoms with Crippen molar-refractivity contribution >= 4 is 17.8 Å². The smallest absolute Gasteiger partial charge is 1.00 e. The van der Waals surface area contributed by atoms with E-state index in [1.54, 1.807) is 24.3 Å². The third-order valence-electron chi connectivity index (χ3n) is 2.30. The van der Waals surface area contributed by atoms with Gasteiger partial charge < -0.3 is 18.4 Å². The van der Waals surface area contributed by atoms with Gasteiger partial charge >= 0.3 is 71.1 Å². The van der Waals surface area contributed by atoms with Gasteiger partial charge in [-0.25, -0.2) is 4.79 Å². The van der Waals surface area contributed by atoms with E-state index in [0.717, 1.165) is 5.56 Å². The van der Waals surface area contributed by atoms with Crippen LogP contribution in [0.1, 0.15) is 25.2 Å². The fourth-order valence-corrected chi connectivity index (χ4v) is 1.32. The molecule has 1 amide bonds. The Bertz CT molecular complexity index is 485. The first-order valence-corrected chi connectivity index (χ1v) is 5.22. The number of carboxylic acids is 2. The minimum absolute atomic E-state index is 0. The van der Waals surface area contributed by atoms with Crippen molar-refractivity contribution in [2.45, 2.75) is 19.4 Å². The van der Waals surface area contributed by atoms with Gasteiger partial charge in [-0.1, -0.05) is 17.7 Å². The SMILES string of the molecule is Cc1ccc(C(=O)N[C@@H](CC(=O)O)C(=O)O)cc1.[H-].[H-].[Na+].[Na+]. The predicted octanol–water partition coefficient (Wildman–Crippen LogP) is -5.11. The second-order valence-corrected chi connectivity index (χ2v) is 3.83. The first-order valence-electron chi connectivity index (χ1n) is 5.22. The molecular formula is C12H15NNa2O5. The summed E-state index contributed by atoms with van der Waals surface area (Å²) < 4.78 is 0. The normalized spacial score (nSPS) is 10.4. The van der Waals surface area contributed by atoms with Gasteiger partial charge in [0.1, 0.15) is 6.04 Å². The van der Waals surface area contributed by atoms with Gasteiger partial charge in [0.05, 0.1) is 6.42 Å². The minimum atomic E-state index is -1.43. The maximum atomic E-state index is 11.7. The zero-order chi connectivity index (χ0) is 13.7. The Morgan fingerprint density at radius 2 is 1.65 bits per heavy atom. The van der Waals surface area contributed by atoms with Crippen LogP contribution in [0.4, 0.5) is 0 Å². The number of carbonyl (C=O) groups is 3.